The fourth-order valence-electron chi connectivity index (χ4n) is 4.64. The molecule has 8 nitrogen and oxygen atoms in total. The van der Waals surface area contributed by atoms with E-state index in [1.165, 1.54) is 11.0 Å². The maximum atomic E-state index is 13.6. The first kappa shape index (κ1) is 30.1. The second-order valence-electron chi connectivity index (χ2n) is 10.0. The zero-order valence-corrected chi connectivity index (χ0v) is 25.3. The Hall–Kier alpha value is -3.40. The molecule has 0 unspecified atom stereocenters. The van der Waals surface area contributed by atoms with Gasteiger partial charge >= 0.3 is 0 Å². The molecule has 1 fully saturated rings. The largest absolute Gasteiger partial charge is 0.379 e. The lowest BCUT2D eigenvalue weighted by Gasteiger charge is -2.30. The number of rotatable bonds is 9. The van der Waals surface area contributed by atoms with Gasteiger partial charge in [-0.3, -0.25) is 24.4 Å². The number of hydrogen-bond donors (Lipinski definition) is 1. The molecule has 3 aromatic carbocycles. The third-order valence-corrected chi connectivity index (χ3v) is 7.78. The van der Waals surface area contributed by atoms with Crippen molar-refractivity contribution in [3.8, 4) is 16.9 Å². The van der Waals surface area contributed by atoms with Gasteiger partial charge in [-0.25, -0.2) is 4.98 Å². The SMILES string of the molecule is Cc1ccc(-n2cc(-c3ccc(Cl)cc3)nc2NC(=O)CN(CCN2CCOCC2)C(=O)c2ccc(Cl)cc2Cl)cc1. The van der Waals surface area contributed by atoms with Crippen molar-refractivity contribution in [2.45, 2.75) is 6.92 Å². The molecular weight excluding hydrogens is 597 g/mol. The van der Waals surface area contributed by atoms with E-state index in [-0.39, 0.29) is 23.0 Å². The number of amides is 2. The van der Waals surface area contributed by atoms with Crippen molar-refractivity contribution in [2.75, 3.05) is 51.3 Å². The topological polar surface area (TPSA) is 79.7 Å². The zero-order valence-electron chi connectivity index (χ0n) is 23.0. The first-order chi connectivity index (χ1) is 20.3. The molecular formula is C31H30Cl3N5O3. The number of aryl methyl sites for hydroxylation is 1. The van der Waals surface area contributed by atoms with E-state index in [2.05, 4.69) is 10.2 Å². The number of carbonyl (C=O) groups excluding carboxylic acids is 2. The van der Waals surface area contributed by atoms with Crippen LogP contribution in [0, 0.1) is 6.92 Å². The number of morpholine rings is 1. The summed E-state index contributed by atoms with van der Waals surface area (Å²) in [4.78, 5) is 35.6. The van der Waals surface area contributed by atoms with Gasteiger partial charge in [0.15, 0.2) is 0 Å². The average Bonchev–Trinajstić information content (AvgIpc) is 3.39. The van der Waals surface area contributed by atoms with E-state index in [4.69, 9.17) is 44.5 Å². The van der Waals surface area contributed by atoms with Crippen LogP contribution < -0.4 is 5.32 Å². The summed E-state index contributed by atoms with van der Waals surface area (Å²) in [6, 6.07) is 19.9. The second-order valence-corrected chi connectivity index (χ2v) is 11.3. The Morgan fingerprint density at radius 1 is 0.952 bits per heavy atom. The molecule has 1 saturated heterocycles. The molecule has 1 aliphatic heterocycles. The molecule has 0 bridgehead atoms. The van der Waals surface area contributed by atoms with E-state index in [9.17, 15) is 9.59 Å². The van der Waals surface area contributed by atoms with Crippen LogP contribution in [0.2, 0.25) is 15.1 Å². The second kappa shape index (κ2) is 13.7. The summed E-state index contributed by atoms with van der Waals surface area (Å²) in [6.45, 7) is 5.52. The van der Waals surface area contributed by atoms with Gasteiger partial charge in [0.05, 0.1) is 29.5 Å². The molecule has 0 saturated carbocycles. The van der Waals surface area contributed by atoms with Crippen molar-refractivity contribution in [1.82, 2.24) is 19.4 Å². The highest BCUT2D eigenvalue weighted by Crippen LogP contribution is 2.26. The fraction of sp³-hybridized carbons (Fsp3) is 0.258. The number of ether oxygens (including phenoxy) is 1. The number of nitrogens with one attached hydrogen (secondary N) is 1. The predicted molar refractivity (Wildman–Crippen MR) is 167 cm³/mol. The lowest BCUT2D eigenvalue weighted by Crippen LogP contribution is -2.45. The molecule has 1 N–H and O–H groups in total. The Bertz CT molecular complexity index is 1550. The third-order valence-electron chi connectivity index (χ3n) is 6.98. The van der Waals surface area contributed by atoms with Gasteiger partial charge in [0.25, 0.3) is 5.91 Å². The van der Waals surface area contributed by atoms with Crippen molar-refractivity contribution >= 4 is 52.6 Å². The van der Waals surface area contributed by atoms with E-state index in [0.717, 1.165) is 29.9 Å². The highest BCUT2D eigenvalue weighted by atomic mass is 35.5. The smallest absolute Gasteiger partial charge is 0.255 e. The molecule has 4 aromatic rings. The van der Waals surface area contributed by atoms with Gasteiger partial charge in [-0.2, -0.15) is 0 Å². The van der Waals surface area contributed by atoms with Gasteiger partial charge in [-0.05, 0) is 49.4 Å². The van der Waals surface area contributed by atoms with Crippen LogP contribution in [0.1, 0.15) is 15.9 Å². The average molecular weight is 627 g/mol. The molecule has 5 rings (SSSR count). The van der Waals surface area contributed by atoms with Crippen molar-refractivity contribution in [3.63, 3.8) is 0 Å². The first-order valence-corrected chi connectivity index (χ1v) is 14.7. The van der Waals surface area contributed by atoms with Crippen molar-refractivity contribution < 1.29 is 14.3 Å². The molecule has 1 aromatic heterocycles. The number of halogens is 3. The molecule has 0 spiro atoms. The van der Waals surface area contributed by atoms with Crippen LogP contribution in [-0.2, 0) is 9.53 Å². The Morgan fingerprint density at radius 3 is 2.33 bits per heavy atom. The summed E-state index contributed by atoms with van der Waals surface area (Å²) in [7, 11) is 0. The lowest BCUT2D eigenvalue weighted by atomic mass is 10.2. The third kappa shape index (κ3) is 7.51. The monoisotopic (exact) mass is 625 g/mol. The van der Waals surface area contributed by atoms with E-state index in [1.54, 1.807) is 24.3 Å². The van der Waals surface area contributed by atoms with Crippen molar-refractivity contribution in [2.24, 2.45) is 0 Å². The molecule has 0 atom stereocenters. The van der Waals surface area contributed by atoms with Crippen molar-refractivity contribution in [3.05, 3.63) is 99.1 Å². The molecule has 42 heavy (non-hydrogen) atoms. The van der Waals surface area contributed by atoms with Gasteiger partial charge in [0.2, 0.25) is 11.9 Å². The minimum absolute atomic E-state index is 0.195. The number of imidazole rings is 1. The summed E-state index contributed by atoms with van der Waals surface area (Å²) < 4.78 is 7.26. The molecule has 0 aliphatic carbocycles. The van der Waals surface area contributed by atoms with Crippen LogP contribution >= 0.6 is 34.8 Å². The van der Waals surface area contributed by atoms with Gasteiger partial charge in [-0.1, -0.05) is 64.6 Å². The van der Waals surface area contributed by atoms with E-state index < -0.39 is 5.91 Å². The van der Waals surface area contributed by atoms with Crippen LogP contribution in [0.5, 0.6) is 0 Å². The lowest BCUT2D eigenvalue weighted by molar-refractivity contribution is -0.117. The van der Waals surface area contributed by atoms with Crippen LogP contribution in [0.25, 0.3) is 16.9 Å². The number of nitrogens with zero attached hydrogens (tertiary/aromatic N) is 4. The van der Waals surface area contributed by atoms with Gasteiger partial charge < -0.3 is 9.64 Å². The molecule has 2 amide bonds. The van der Waals surface area contributed by atoms with Crippen LogP contribution in [0.15, 0.2) is 72.9 Å². The highest BCUT2D eigenvalue weighted by Gasteiger charge is 2.24. The van der Waals surface area contributed by atoms with Crippen LogP contribution in [0.4, 0.5) is 5.95 Å². The Kier molecular flexibility index (Phi) is 9.82. The Balaban J connectivity index is 1.40. The minimum Gasteiger partial charge on any atom is -0.379 e. The van der Waals surface area contributed by atoms with E-state index >= 15 is 0 Å². The molecule has 11 heteroatoms. The fourth-order valence-corrected chi connectivity index (χ4v) is 5.26. The molecule has 0 radical (unpaired) electrons. The molecule has 2 heterocycles. The molecule has 218 valence electrons. The highest BCUT2D eigenvalue weighted by molar-refractivity contribution is 6.36. The minimum atomic E-state index is -0.392. The predicted octanol–water partition coefficient (Wildman–Crippen LogP) is 6.22. The Morgan fingerprint density at radius 2 is 1.64 bits per heavy atom. The summed E-state index contributed by atoms with van der Waals surface area (Å²) >= 11 is 18.5. The van der Waals surface area contributed by atoms with Gasteiger partial charge in [-0.15, -0.1) is 0 Å². The Labute approximate surface area is 259 Å². The summed E-state index contributed by atoms with van der Waals surface area (Å²) in [5.74, 6) is -0.417. The van der Waals surface area contributed by atoms with Crippen LogP contribution in [-0.4, -0.2) is 77.1 Å². The number of carbonyl (C=O) groups is 2. The van der Waals surface area contributed by atoms with Crippen molar-refractivity contribution in [1.29, 1.82) is 0 Å². The summed E-state index contributed by atoms with van der Waals surface area (Å²) in [5.41, 5.74) is 3.73. The number of aromatic nitrogens is 2. The van der Waals surface area contributed by atoms with Gasteiger partial charge in [0, 0.05) is 53.7 Å². The van der Waals surface area contributed by atoms with Crippen LogP contribution in [0.3, 0.4) is 0 Å². The maximum absolute atomic E-state index is 13.6. The zero-order chi connectivity index (χ0) is 29.6. The quantitative estimate of drug-likeness (QED) is 0.239. The number of benzene rings is 3. The number of hydrogen-bond acceptors (Lipinski definition) is 5. The standard InChI is InChI=1S/C31H30Cl3N5O3/c1-21-2-9-25(10-3-21)39-19-28(22-4-6-23(32)7-5-22)35-31(39)36-29(40)20-38(13-12-37-14-16-42-17-15-37)30(41)26-11-8-24(33)18-27(26)34/h2-11,18-19H,12-17,20H2,1H3,(H,35,36,40). The first-order valence-electron chi connectivity index (χ1n) is 13.5. The summed E-state index contributed by atoms with van der Waals surface area (Å²) in [6.07, 6.45) is 1.86. The molecule has 1 aliphatic rings. The van der Waals surface area contributed by atoms with E-state index in [0.29, 0.717) is 48.0 Å². The normalized spacial score (nSPS) is 13.6. The number of anilines is 1. The maximum Gasteiger partial charge on any atom is 0.255 e. The van der Waals surface area contributed by atoms with E-state index in [1.807, 2.05) is 54.1 Å². The summed E-state index contributed by atoms with van der Waals surface area (Å²) in [5, 5.41) is 4.20. The van der Waals surface area contributed by atoms with Gasteiger partial charge in [0.1, 0.15) is 6.54 Å².